The number of rotatable bonds is 6. The lowest BCUT2D eigenvalue weighted by atomic mass is 9.94. The molecule has 0 saturated heterocycles. The van der Waals surface area contributed by atoms with Gasteiger partial charge >= 0.3 is 6.18 Å². The Morgan fingerprint density at radius 2 is 2.00 bits per heavy atom. The number of hydrogen-bond acceptors (Lipinski definition) is 7. The molecule has 1 aliphatic carbocycles. The van der Waals surface area contributed by atoms with E-state index >= 15 is 0 Å². The van der Waals surface area contributed by atoms with E-state index < -0.39 is 18.6 Å². The van der Waals surface area contributed by atoms with Gasteiger partial charge in [0.25, 0.3) is 5.91 Å². The van der Waals surface area contributed by atoms with Crippen LogP contribution in [0.15, 0.2) is 36.5 Å². The van der Waals surface area contributed by atoms with E-state index in [0.29, 0.717) is 17.3 Å². The van der Waals surface area contributed by atoms with Crippen LogP contribution in [0.25, 0.3) is 10.2 Å². The van der Waals surface area contributed by atoms with Crippen LogP contribution < -0.4 is 15.4 Å². The highest BCUT2D eigenvalue weighted by Crippen LogP contribution is 2.32. The molecular weight excluding hydrogens is 445 g/mol. The topological polar surface area (TPSA) is 93.2 Å². The van der Waals surface area contributed by atoms with Crippen molar-refractivity contribution in [2.75, 3.05) is 11.9 Å². The van der Waals surface area contributed by atoms with Crippen molar-refractivity contribution in [2.45, 2.75) is 37.9 Å². The summed E-state index contributed by atoms with van der Waals surface area (Å²) in [5, 5.41) is 5.65. The molecule has 0 unspecified atom stereocenters. The van der Waals surface area contributed by atoms with Gasteiger partial charge in [0.15, 0.2) is 10.9 Å². The Hall–Kier alpha value is -3.21. The molecule has 1 aromatic carbocycles. The molecule has 0 aliphatic heterocycles. The second-order valence-electron chi connectivity index (χ2n) is 7.33. The highest BCUT2D eigenvalue weighted by molar-refractivity contribution is 7.22. The maximum absolute atomic E-state index is 12.3. The summed E-state index contributed by atoms with van der Waals surface area (Å²) < 4.78 is 43.5. The first kappa shape index (κ1) is 22.0. The molecule has 1 fully saturated rings. The molecule has 1 atom stereocenters. The Balaban J connectivity index is 1.45. The summed E-state index contributed by atoms with van der Waals surface area (Å²) in [6.45, 7) is -1.44. The molecular formula is C21H19F3N4O3S. The number of thiazole rings is 1. The first-order chi connectivity index (χ1) is 15.3. The van der Waals surface area contributed by atoms with Crippen molar-refractivity contribution in [1.29, 1.82) is 0 Å². The van der Waals surface area contributed by atoms with Crippen LogP contribution in [0.2, 0.25) is 0 Å². The van der Waals surface area contributed by atoms with Gasteiger partial charge in [-0.1, -0.05) is 17.8 Å². The number of Topliss-reactive ketones (excluding diaryl/α,β-unsaturated/α-hetero) is 1. The van der Waals surface area contributed by atoms with Gasteiger partial charge in [0.2, 0.25) is 0 Å². The summed E-state index contributed by atoms with van der Waals surface area (Å²) in [6.07, 6.45) is 0.0949. The van der Waals surface area contributed by atoms with Gasteiger partial charge < -0.3 is 15.4 Å². The number of benzene rings is 1. The zero-order valence-electron chi connectivity index (χ0n) is 16.7. The number of aromatic nitrogens is 2. The fraction of sp³-hybridized carbons (Fsp3) is 0.333. The minimum Gasteiger partial charge on any atom is -0.457 e. The molecule has 0 spiro atoms. The monoisotopic (exact) mass is 464 g/mol. The number of hydrogen-bond donors (Lipinski definition) is 2. The maximum atomic E-state index is 12.3. The van der Waals surface area contributed by atoms with Crippen molar-refractivity contribution in [1.82, 2.24) is 15.3 Å². The normalized spacial score (nSPS) is 16.7. The largest absolute Gasteiger partial charge is 0.457 e. The summed E-state index contributed by atoms with van der Waals surface area (Å²) in [7, 11) is 0. The maximum Gasteiger partial charge on any atom is 0.405 e. The molecule has 0 bridgehead atoms. The van der Waals surface area contributed by atoms with Crippen molar-refractivity contribution in [2.24, 2.45) is 0 Å². The van der Waals surface area contributed by atoms with Crippen molar-refractivity contribution in [3.05, 3.63) is 42.2 Å². The second-order valence-corrected chi connectivity index (χ2v) is 8.36. The first-order valence-electron chi connectivity index (χ1n) is 9.95. The lowest BCUT2D eigenvalue weighted by Gasteiger charge is -2.20. The molecule has 2 aromatic heterocycles. The fourth-order valence-corrected chi connectivity index (χ4v) is 4.27. The minimum atomic E-state index is -4.51. The van der Waals surface area contributed by atoms with E-state index in [2.05, 4.69) is 15.3 Å². The van der Waals surface area contributed by atoms with E-state index in [-0.39, 0.29) is 23.3 Å². The molecule has 0 radical (unpaired) electrons. The van der Waals surface area contributed by atoms with Crippen LogP contribution in [0, 0.1) is 0 Å². The number of halogens is 3. The zero-order chi connectivity index (χ0) is 22.7. The number of alkyl halides is 3. The average Bonchev–Trinajstić information content (AvgIpc) is 3.15. The number of fused-ring (bicyclic) bond motifs is 1. The van der Waals surface area contributed by atoms with E-state index in [0.717, 1.165) is 29.5 Å². The molecule has 1 saturated carbocycles. The summed E-state index contributed by atoms with van der Waals surface area (Å²) in [6, 6.07) is 7.79. The minimum absolute atomic E-state index is 0.186. The van der Waals surface area contributed by atoms with Crippen LogP contribution in [0.4, 0.5) is 18.3 Å². The third-order valence-electron chi connectivity index (χ3n) is 4.86. The van der Waals surface area contributed by atoms with Gasteiger partial charge in [0.1, 0.15) is 23.7 Å². The number of amides is 1. The summed E-state index contributed by atoms with van der Waals surface area (Å²) in [5.74, 6) is -0.0209. The smallest absolute Gasteiger partial charge is 0.405 e. The lowest BCUT2D eigenvalue weighted by molar-refractivity contribution is -0.123. The van der Waals surface area contributed by atoms with Gasteiger partial charge in [-0.05, 0) is 31.0 Å². The Labute approximate surface area is 185 Å². The van der Waals surface area contributed by atoms with Gasteiger partial charge in [-0.25, -0.2) is 4.98 Å². The van der Waals surface area contributed by atoms with Gasteiger partial charge in [0.05, 0.1) is 16.3 Å². The van der Waals surface area contributed by atoms with Crippen LogP contribution in [-0.2, 0) is 4.79 Å². The van der Waals surface area contributed by atoms with Crippen LogP contribution in [0.5, 0.6) is 11.5 Å². The quantitative estimate of drug-likeness (QED) is 0.549. The predicted molar refractivity (Wildman–Crippen MR) is 113 cm³/mol. The molecule has 11 heteroatoms. The Kier molecular flexibility index (Phi) is 6.26. The molecule has 2 heterocycles. The average molecular weight is 464 g/mol. The number of ketones is 1. The molecule has 7 nitrogen and oxygen atoms in total. The predicted octanol–water partition coefficient (Wildman–Crippen LogP) is 4.70. The van der Waals surface area contributed by atoms with Crippen LogP contribution in [0.3, 0.4) is 0 Å². The summed E-state index contributed by atoms with van der Waals surface area (Å²) in [4.78, 5) is 32.2. The second kappa shape index (κ2) is 9.11. The summed E-state index contributed by atoms with van der Waals surface area (Å²) >= 11 is 1.40. The fourth-order valence-electron chi connectivity index (χ4n) is 3.32. The third-order valence-corrected chi connectivity index (χ3v) is 5.81. The number of nitrogens with zero attached hydrogens (tertiary/aromatic N) is 2. The standard InChI is InChI=1S/C21H19F3N4O3S/c22-21(23,24)11-26-19(30)16-9-13(7-8-25-16)31-12-5-6-15-18(10-12)32-20(28-15)27-14-3-1-2-4-17(14)29/h5-10,14H,1-4,11H2,(H,26,30)(H,27,28)/t14-/m1/s1. The van der Waals surface area contributed by atoms with E-state index in [9.17, 15) is 22.8 Å². The SMILES string of the molecule is O=C(NCC(F)(F)F)c1cc(Oc2ccc3nc(N[C@@H]4CCCCC4=O)sc3c2)ccn1. The van der Waals surface area contributed by atoms with Crippen LogP contribution in [0.1, 0.15) is 36.2 Å². The van der Waals surface area contributed by atoms with Gasteiger partial charge in [-0.2, -0.15) is 13.2 Å². The molecule has 2 N–H and O–H groups in total. The highest BCUT2D eigenvalue weighted by Gasteiger charge is 2.28. The van der Waals surface area contributed by atoms with Gasteiger partial charge in [-0.15, -0.1) is 0 Å². The lowest BCUT2D eigenvalue weighted by Crippen LogP contribution is -2.34. The van der Waals surface area contributed by atoms with E-state index in [4.69, 9.17) is 4.74 Å². The molecule has 3 aromatic rings. The highest BCUT2D eigenvalue weighted by atomic mass is 32.1. The molecule has 32 heavy (non-hydrogen) atoms. The van der Waals surface area contributed by atoms with Crippen molar-refractivity contribution < 1.29 is 27.5 Å². The Morgan fingerprint density at radius 1 is 1.19 bits per heavy atom. The number of anilines is 1. The van der Waals surface area contributed by atoms with Gasteiger partial charge in [-0.3, -0.25) is 14.6 Å². The third kappa shape index (κ3) is 5.52. The molecule has 1 aliphatic rings. The molecule has 168 valence electrons. The van der Waals surface area contributed by atoms with Gasteiger partial charge in [0, 0.05) is 24.8 Å². The molecule has 1 amide bonds. The number of pyridine rings is 1. The van der Waals surface area contributed by atoms with Crippen LogP contribution >= 0.6 is 11.3 Å². The first-order valence-corrected chi connectivity index (χ1v) is 10.8. The summed E-state index contributed by atoms with van der Waals surface area (Å²) in [5.41, 5.74) is 0.560. The number of ether oxygens (including phenoxy) is 1. The van der Waals surface area contributed by atoms with Crippen molar-refractivity contribution >= 4 is 38.4 Å². The van der Waals surface area contributed by atoms with Crippen molar-refractivity contribution in [3.63, 3.8) is 0 Å². The van der Waals surface area contributed by atoms with Crippen LogP contribution in [-0.4, -0.2) is 40.4 Å². The van der Waals surface area contributed by atoms with E-state index in [1.54, 1.807) is 23.5 Å². The van der Waals surface area contributed by atoms with Crippen molar-refractivity contribution in [3.8, 4) is 11.5 Å². The Morgan fingerprint density at radius 3 is 2.78 bits per heavy atom. The van der Waals surface area contributed by atoms with E-state index in [1.807, 2.05) is 0 Å². The zero-order valence-corrected chi connectivity index (χ0v) is 17.6. The number of carbonyl (C=O) groups is 2. The number of nitrogens with one attached hydrogen (secondary N) is 2. The Bertz CT molecular complexity index is 1150. The van der Waals surface area contributed by atoms with E-state index in [1.165, 1.54) is 29.7 Å². The number of carbonyl (C=O) groups excluding carboxylic acids is 2. The molecule has 4 rings (SSSR count).